The van der Waals surface area contributed by atoms with E-state index in [1.807, 2.05) is 59.5 Å². The van der Waals surface area contributed by atoms with E-state index in [1.54, 1.807) is 0 Å². The number of hydrogen-bond acceptors (Lipinski definition) is 2. The van der Waals surface area contributed by atoms with Crippen molar-refractivity contribution in [3.05, 3.63) is 54.9 Å². The predicted molar refractivity (Wildman–Crippen MR) is 60.6 cm³/mol. The Morgan fingerprint density at radius 3 is 2.47 bits per heavy atom. The maximum absolute atomic E-state index is 5.53. The lowest BCUT2D eigenvalue weighted by atomic mass is 10.3. The summed E-state index contributed by atoms with van der Waals surface area (Å²) in [6.45, 7) is 1.44. The molecule has 0 saturated heterocycles. The molecule has 1 aromatic heterocycles. The molecule has 0 aliphatic rings. The molecule has 0 saturated carbocycles. The maximum Gasteiger partial charge on any atom is 0.119 e. The second-order valence-corrected chi connectivity index (χ2v) is 3.16. The highest BCUT2D eigenvalue weighted by atomic mass is 16.5. The Hall–Kier alpha value is -1.90. The summed E-state index contributed by atoms with van der Waals surface area (Å²) in [4.78, 5) is 0. The summed E-state index contributed by atoms with van der Waals surface area (Å²) in [5, 5.41) is 0. The van der Waals surface area contributed by atoms with Crippen LogP contribution in [-0.2, 0) is 0 Å². The molecule has 0 bridgehead atoms. The van der Waals surface area contributed by atoms with Gasteiger partial charge < -0.3 is 10.2 Å². The van der Waals surface area contributed by atoms with Gasteiger partial charge in [0.05, 0.1) is 6.54 Å². The molecule has 0 fully saturated rings. The standard InChI is InChI=1S/C12H14N2O/c1-2-6-12(7-3-1)15-11-8-13-14-9-4-5-10-14/h1-7,9-10,13H,8,11H2. The van der Waals surface area contributed by atoms with Gasteiger partial charge in [0.15, 0.2) is 0 Å². The molecule has 0 amide bonds. The van der Waals surface area contributed by atoms with Gasteiger partial charge in [0, 0.05) is 12.4 Å². The molecule has 0 spiro atoms. The number of rotatable bonds is 5. The van der Waals surface area contributed by atoms with Crippen LogP contribution in [0.4, 0.5) is 0 Å². The minimum atomic E-state index is 0.655. The number of ether oxygens (including phenoxy) is 1. The molecular weight excluding hydrogens is 188 g/mol. The van der Waals surface area contributed by atoms with E-state index >= 15 is 0 Å². The van der Waals surface area contributed by atoms with Crippen molar-refractivity contribution in [2.45, 2.75) is 0 Å². The first-order valence-corrected chi connectivity index (χ1v) is 5.00. The van der Waals surface area contributed by atoms with E-state index in [1.165, 1.54) is 0 Å². The minimum Gasteiger partial charge on any atom is -0.492 e. The SMILES string of the molecule is c1ccc(OCCNn2cccc2)cc1. The Balaban J connectivity index is 1.68. The van der Waals surface area contributed by atoms with Gasteiger partial charge >= 0.3 is 0 Å². The van der Waals surface area contributed by atoms with Crippen LogP contribution in [0.3, 0.4) is 0 Å². The minimum absolute atomic E-state index is 0.655. The van der Waals surface area contributed by atoms with E-state index in [9.17, 15) is 0 Å². The molecule has 78 valence electrons. The van der Waals surface area contributed by atoms with Crippen molar-refractivity contribution in [3.63, 3.8) is 0 Å². The highest BCUT2D eigenvalue weighted by Gasteiger charge is 1.90. The third-order valence-electron chi connectivity index (χ3n) is 2.01. The third-order valence-corrected chi connectivity index (χ3v) is 2.01. The van der Waals surface area contributed by atoms with Crippen LogP contribution in [0.1, 0.15) is 0 Å². The van der Waals surface area contributed by atoms with E-state index in [2.05, 4.69) is 5.43 Å². The fourth-order valence-corrected chi connectivity index (χ4v) is 1.30. The topological polar surface area (TPSA) is 26.2 Å². The Bertz CT molecular complexity index is 370. The Labute approximate surface area is 89.3 Å². The number of para-hydroxylation sites is 1. The van der Waals surface area contributed by atoms with Gasteiger partial charge in [0.25, 0.3) is 0 Å². The monoisotopic (exact) mass is 202 g/mol. The van der Waals surface area contributed by atoms with E-state index in [0.29, 0.717) is 6.61 Å². The van der Waals surface area contributed by atoms with Crippen LogP contribution in [0, 0.1) is 0 Å². The van der Waals surface area contributed by atoms with Crippen molar-refractivity contribution < 1.29 is 4.74 Å². The van der Waals surface area contributed by atoms with E-state index in [4.69, 9.17) is 4.74 Å². The average Bonchev–Trinajstić information content (AvgIpc) is 2.79. The van der Waals surface area contributed by atoms with Crippen molar-refractivity contribution in [2.75, 3.05) is 18.6 Å². The number of nitrogens with one attached hydrogen (secondary N) is 1. The van der Waals surface area contributed by atoms with Crippen LogP contribution in [0.15, 0.2) is 54.9 Å². The average molecular weight is 202 g/mol. The normalized spacial score (nSPS) is 9.87. The highest BCUT2D eigenvalue weighted by molar-refractivity contribution is 5.20. The first-order chi connectivity index (χ1) is 7.45. The van der Waals surface area contributed by atoms with Crippen LogP contribution in [-0.4, -0.2) is 17.8 Å². The largest absolute Gasteiger partial charge is 0.492 e. The first-order valence-electron chi connectivity index (χ1n) is 5.00. The Morgan fingerprint density at radius 1 is 1.00 bits per heavy atom. The molecule has 0 radical (unpaired) electrons. The van der Waals surface area contributed by atoms with Gasteiger partial charge in [-0.15, -0.1) is 0 Å². The summed E-state index contributed by atoms with van der Waals surface area (Å²) in [5.41, 5.74) is 3.19. The zero-order chi connectivity index (χ0) is 10.3. The fraction of sp³-hybridized carbons (Fsp3) is 0.167. The van der Waals surface area contributed by atoms with Crippen LogP contribution in [0.5, 0.6) is 5.75 Å². The summed E-state index contributed by atoms with van der Waals surface area (Å²) in [6.07, 6.45) is 3.92. The lowest BCUT2D eigenvalue weighted by molar-refractivity contribution is 0.329. The molecule has 0 aliphatic heterocycles. The van der Waals surface area contributed by atoms with Gasteiger partial charge in [0.2, 0.25) is 0 Å². The lowest BCUT2D eigenvalue weighted by Crippen LogP contribution is -2.19. The molecule has 3 nitrogen and oxygen atoms in total. The second kappa shape index (κ2) is 5.10. The Kier molecular flexibility index (Phi) is 3.28. The molecule has 2 rings (SSSR count). The highest BCUT2D eigenvalue weighted by Crippen LogP contribution is 2.07. The number of aromatic nitrogens is 1. The van der Waals surface area contributed by atoms with E-state index in [-0.39, 0.29) is 0 Å². The van der Waals surface area contributed by atoms with Gasteiger partial charge in [-0.2, -0.15) is 0 Å². The maximum atomic E-state index is 5.53. The molecule has 0 aliphatic carbocycles. The van der Waals surface area contributed by atoms with Gasteiger partial charge in [-0.05, 0) is 24.3 Å². The molecule has 1 aromatic carbocycles. The molecule has 1 heterocycles. The zero-order valence-corrected chi connectivity index (χ0v) is 8.47. The third kappa shape index (κ3) is 3.06. The molecule has 0 unspecified atom stereocenters. The molecule has 1 N–H and O–H groups in total. The fourth-order valence-electron chi connectivity index (χ4n) is 1.30. The summed E-state index contributed by atoms with van der Waals surface area (Å²) in [6, 6.07) is 13.8. The Morgan fingerprint density at radius 2 is 1.73 bits per heavy atom. The first kappa shape index (κ1) is 9.65. The van der Waals surface area contributed by atoms with Crippen LogP contribution in [0.2, 0.25) is 0 Å². The molecule has 2 aromatic rings. The van der Waals surface area contributed by atoms with Crippen molar-refractivity contribution in [1.29, 1.82) is 0 Å². The predicted octanol–water partition coefficient (Wildman–Crippen LogP) is 2.11. The van der Waals surface area contributed by atoms with Gasteiger partial charge in [0.1, 0.15) is 12.4 Å². The van der Waals surface area contributed by atoms with Crippen molar-refractivity contribution in [3.8, 4) is 5.75 Å². The summed E-state index contributed by atoms with van der Waals surface area (Å²) >= 11 is 0. The van der Waals surface area contributed by atoms with Crippen molar-refractivity contribution >= 4 is 0 Å². The van der Waals surface area contributed by atoms with Gasteiger partial charge in [-0.25, -0.2) is 0 Å². The van der Waals surface area contributed by atoms with E-state index in [0.717, 1.165) is 12.3 Å². The number of nitrogens with zero attached hydrogens (tertiary/aromatic N) is 1. The number of hydrogen-bond donors (Lipinski definition) is 1. The zero-order valence-electron chi connectivity index (χ0n) is 8.47. The smallest absolute Gasteiger partial charge is 0.119 e. The van der Waals surface area contributed by atoms with Crippen LogP contribution in [0.25, 0.3) is 0 Å². The quantitative estimate of drug-likeness (QED) is 0.751. The van der Waals surface area contributed by atoms with Crippen molar-refractivity contribution in [1.82, 2.24) is 4.68 Å². The summed E-state index contributed by atoms with van der Waals surface area (Å²) < 4.78 is 7.44. The molecule has 3 heteroatoms. The number of benzene rings is 1. The van der Waals surface area contributed by atoms with Crippen LogP contribution < -0.4 is 10.2 Å². The second-order valence-electron chi connectivity index (χ2n) is 3.16. The van der Waals surface area contributed by atoms with Crippen LogP contribution >= 0.6 is 0 Å². The van der Waals surface area contributed by atoms with Gasteiger partial charge in [-0.1, -0.05) is 18.2 Å². The molecular formula is C12H14N2O. The lowest BCUT2D eigenvalue weighted by Gasteiger charge is -2.08. The molecule has 15 heavy (non-hydrogen) atoms. The van der Waals surface area contributed by atoms with Gasteiger partial charge in [-0.3, -0.25) is 4.68 Å². The molecule has 0 atom stereocenters. The van der Waals surface area contributed by atoms with Crippen molar-refractivity contribution in [2.24, 2.45) is 0 Å². The summed E-state index contributed by atoms with van der Waals surface area (Å²) in [5.74, 6) is 0.909. The van der Waals surface area contributed by atoms with E-state index < -0.39 is 0 Å². The summed E-state index contributed by atoms with van der Waals surface area (Å²) in [7, 11) is 0.